The van der Waals surface area contributed by atoms with Crippen LogP contribution in [0, 0.1) is 0 Å². The van der Waals surface area contributed by atoms with Crippen LogP contribution >= 0.6 is 0 Å². The van der Waals surface area contributed by atoms with Gasteiger partial charge in [-0.05, 0) is 76.7 Å². The maximum atomic E-state index is 5.68. The van der Waals surface area contributed by atoms with Crippen LogP contribution in [0.15, 0.2) is 193 Å². The minimum atomic E-state index is -0.525. The molecule has 2 aliphatic carbocycles. The first-order valence-corrected chi connectivity index (χ1v) is 18.1. The molecule has 7 aromatic rings. The predicted octanol–water partition coefficient (Wildman–Crippen LogP) is 11.5. The van der Waals surface area contributed by atoms with E-state index in [4.69, 9.17) is 4.99 Å². The lowest BCUT2D eigenvalue weighted by atomic mass is 9.65. The van der Waals surface area contributed by atoms with Crippen molar-refractivity contribution in [3.05, 3.63) is 221 Å². The van der Waals surface area contributed by atoms with Gasteiger partial charge >= 0.3 is 0 Å². The summed E-state index contributed by atoms with van der Waals surface area (Å²) in [4.78, 5) is 8.09. The number of aliphatic imine (C=N–C) groups is 1. The fourth-order valence-electron chi connectivity index (χ4n) is 9.41. The summed E-state index contributed by atoms with van der Waals surface area (Å²) < 4.78 is 2.37. The highest BCUT2D eigenvalue weighted by Crippen LogP contribution is 2.65. The van der Waals surface area contributed by atoms with E-state index in [0.717, 1.165) is 22.8 Å². The molecule has 0 saturated heterocycles. The summed E-state index contributed by atoms with van der Waals surface area (Å²) in [6, 6.07) is 55.0. The summed E-state index contributed by atoms with van der Waals surface area (Å²) >= 11 is 0. The molecule has 1 spiro atoms. The summed E-state index contributed by atoms with van der Waals surface area (Å²) in [5.74, 6) is 0.958. The quantitative estimate of drug-likeness (QED) is 0.179. The standard InChI is InChI=1S/C49H37N3/c1-4-17-40-35(5-2)36-20-9-13-24-41(36)49(40)42-25-14-10-23-39(42)46-45(49)47(32-18-7-6-8-19-32)51(3)48(50-46)33-28-30-34(31-29-33)52-43-26-15-11-21-37(43)38-22-12-16-27-44(38)52/h4-31,47H,2H2,1,3H3/b17-4-. The molecule has 1 aromatic heterocycles. The van der Waals surface area contributed by atoms with Crippen LogP contribution in [0.3, 0.4) is 0 Å². The van der Waals surface area contributed by atoms with Crippen LogP contribution in [0.4, 0.5) is 0 Å². The minimum Gasteiger partial charge on any atom is -0.348 e. The number of amidine groups is 1. The number of nitrogens with zero attached hydrogens (tertiary/aromatic N) is 3. The van der Waals surface area contributed by atoms with Crippen molar-refractivity contribution in [2.24, 2.45) is 4.99 Å². The third kappa shape index (κ3) is 3.99. The Labute approximate surface area is 304 Å². The Morgan fingerprint density at radius 1 is 0.654 bits per heavy atom. The molecule has 3 nitrogen and oxygen atoms in total. The normalized spacial score (nSPS) is 19.2. The van der Waals surface area contributed by atoms with Crippen molar-refractivity contribution in [2.45, 2.75) is 18.4 Å². The molecular formula is C49H37N3. The maximum Gasteiger partial charge on any atom is 0.137 e. The summed E-state index contributed by atoms with van der Waals surface area (Å²) in [7, 11) is 2.21. The van der Waals surface area contributed by atoms with E-state index in [9.17, 15) is 0 Å². The Morgan fingerprint density at radius 3 is 1.88 bits per heavy atom. The molecule has 6 aromatic carbocycles. The Morgan fingerprint density at radius 2 is 1.23 bits per heavy atom. The molecule has 0 amide bonds. The molecule has 2 atom stereocenters. The number of aromatic nitrogens is 1. The zero-order valence-corrected chi connectivity index (χ0v) is 29.3. The SMILES string of the molecule is C=CC1=C(/C=C\C)C2(C3=C(N=C(c4ccc(-n5c6ccccc6c6ccccc65)cc4)N(C)C3c3ccccc3)c3ccccc32)c2ccccc21. The number of hydrogen-bond donors (Lipinski definition) is 0. The summed E-state index contributed by atoms with van der Waals surface area (Å²) in [5.41, 5.74) is 15.1. The molecular weight excluding hydrogens is 631 g/mol. The smallest absolute Gasteiger partial charge is 0.137 e. The molecule has 0 N–H and O–H groups in total. The van der Waals surface area contributed by atoms with Gasteiger partial charge in [-0.1, -0.05) is 140 Å². The third-order valence-corrected chi connectivity index (χ3v) is 11.4. The van der Waals surface area contributed by atoms with Gasteiger partial charge in [0.2, 0.25) is 0 Å². The second kappa shape index (κ2) is 11.5. The lowest BCUT2D eigenvalue weighted by molar-refractivity contribution is 0.393. The number of hydrogen-bond acceptors (Lipinski definition) is 2. The van der Waals surface area contributed by atoms with Gasteiger partial charge in [-0.3, -0.25) is 0 Å². The van der Waals surface area contributed by atoms with Crippen LogP contribution in [0.5, 0.6) is 0 Å². The van der Waals surface area contributed by atoms with Gasteiger partial charge in [-0.15, -0.1) is 0 Å². The first-order valence-electron chi connectivity index (χ1n) is 18.1. The van der Waals surface area contributed by atoms with E-state index in [-0.39, 0.29) is 6.04 Å². The summed E-state index contributed by atoms with van der Waals surface area (Å²) in [6.45, 7) is 6.46. The zero-order valence-electron chi connectivity index (χ0n) is 29.3. The Balaban J connectivity index is 1.22. The van der Waals surface area contributed by atoms with Crippen LogP contribution in [0.2, 0.25) is 0 Å². The van der Waals surface area contributed by atoms with Crippen molar-refractivity contribution < 1.29 is 0 Å². The highest BCUT2D eigenvalue weighted by Gasteiger charge is 2.57. The lowest BCUT2D eigenvalue weighted by Gasteiger charge is -2.43. The van der Waals surface area contributed by atoms with Crippen LogP contribution < -0.4 is 0 Å². The number of likely N-dealkylation sites (N-methyl/N-ethyl adjacent to an activating group) is 1. The monoisotopic (exact) mass is 667 g/mol. The van der Waals surface area contributed by atoms with Crippen LogP contribution in [-0.4, -0.2) is 22.4 Å². The predicted molar refractivity (Wildman–Crippen MR) is 217 cm³/mol. The average molecular weight is 668 g/mol. The average Bonchev–Trinajstić information content (AvgIpc) is 3.79. The summed E-state index contributed by atoms with van der Waals surface area (Å²) in [5, 5.41) is 2.52. The van der Waals surface area contributed by atoms with E-state index in [1.54, 1.807) is 0 Å². The van der Waals surface area contributed by atoms with Gasteiger partial charge in [0.25, 0.3) is 0 Å². The Hall–Kier alpha value is -6.45. The second-order valence-electron chi connectivity index (χ2n) is 13.9. The van der Waals surface area contributed by atoms with Crippen molar-refractivity contribution in [3.63, 3.8) is 0 Å². The molecule has 248 valence electrons. The van der Waals surface area contributed by atoms with Crippen LogP contribution in [0.1, 0.15) is 46.3 Å². The molecule has 3 aliphatic rings. The van der Waals surface area contributed by atoms with E-state index in [1.807, 2.05) is 6.08 Å². The van der Waals surface area contributed by atoms with E-state index >= 15 is 0 Å². The van der Waals surface area contributed by atoms with Crippen molar-refractivity contribution >= 4 is 38.9 Å². The molecule has 2 unspecified atom stereocenters. The number of rotatable bonds is 5. The maximum absolute atomic E-state index is 5.68. The van der Waals surface area contributed by atoms with Crippen LogP contribution in [-0.2, 0) is 5.41 Å². The van der Waals surface area contributed by atoms with E-state index in [0.29, 0.717) is 0 Å². The van der Waals surface area contributed by atoms with Crippen molar-refractivity contribution in [1.29, 1.82) is 0 Å². The van der Waals surface area contributed by atoms with E-state index in [1.165, 1.54) is 66.3 Å². The van der Waals surface area contributed by atoms with Gasteiger partial charge in [-0.2, -0.15) is 0 Å². The van der Waals surface area contributed by atoms with Gasteiger partial charge < -0.3 is 9.47 Å². The molecule has 52 heavy (non-hydrogen) atoms. The van der Waals surface area contributed by atoms with E-state index in [2.05, 4.69) is 194 Å². The number of fused-ring (bicyclic) bond motifs is 9. The minimum absolute atomic E-state index is 0.0782. The fourth-order valence-corrected chi connectivity index (χ4v) is 9.41. The first-order chi connectivity index (χ1) is 25.7. The lowest BCUT2D eigenvalue weighted by Crippen LogP contribution is -2.41. The van der Waals surface area contributed by atoms with E-state index < -0.39 is 5.41 Å². The highest BCUT2D eigenvalue weighted by molar-refractivity contribution is 6.10. The van der Waals surface area contributed by atoms with Gasteiger partial charge in [0.15, 0.2) is 0 Å². The van der Waals surface area contributed by atoms with Gasteiger partial charge in [0.1, 0.15) is 5.84 Å². The van der Waals surface area contributed by atoms with Crippen LogP contribution in [0.25, 0.3) is 38.8 Å². The van der Waals surface area contributed by atoms with Crippen molar-refractivity contribution in [3.8, 4) is 5.69 Å². The molecule has 10 rings (SSSR count). The van der Waals surface area contributed by atoms with Crippen molar-refractivity contribution in [1.82, 2.24) is 9.47 Å². The zero-order chi connectivity index (χ0) is 35.0. The molecule has 0 fully saturated rings. The number of benzene rings is 6. The third-order valence-electron chi connectivity index (χ3n) is 11.4. The fraction of sp³-hybridized carbons (Fsp3) is 0.0816. The molecule has 0 bridgehead atoms. The summed E-state index contributed by atoms with van der Waals surface area (Å²) in [6.07, 6.45) is 6.52. The highest BCUT2D eigenvalue weighted by atomic mass is 15.2. The van der Waals surface area contributed by atoms with Gasteiger partial charge in [0.05, 0.1) is 28.2 Å². The second-order valence-corrected chi connectivity index (χ2v) is 13.9. The Bertz CT molecular complexity index is 2670. The molecule has 3 heteroatoms. The van der Waals surface area contributed by atoms with Gasteiger partial charge in [-0.25, -0.2) is 4.99 Å². The number of para-hydroxylation sites is 2. The first kappa shape index (κ1) is 30.4. The molecule has 0 radical (unpaired) electrons. The Kier molecular flexibility index (Phi) is 6.74. The topological polar surface area (TPSA) is 20.5 Å². The number of allylic oxidation sites excluding steroid dienone is 5. The van der Waals surface area contributed by atoms with Crippen molar-refractivity contribution in [2.75, 3.05) is 7.05 Å². The van der Waals surface area contributed by atoms with Gasteiger partial charge in [0, 0.05) is 40.2 Å². The molecule has 1 aliphatic heterocycles. The molecule has 0 saturated carbocycles. The largest absolute Gasteiger partial charge is 0.348 e. The molecule has 2 heterocycles.